The zero-order valence-corrected chi connectivity index (χ0v) is 20.8. The van der Waals surface area contributed by atoms with Gasteiger partial charge < -0.3 is 19.2 Å². The molecule has 0 bridgehead atoms. The predicted octanol–water partition coefficient (Wildman–Crippen LogP) is 6.80. The van der Waals surface area contributed by atoms with E-state index in [0.29, 0.717) is 37.5 Å². The molecule has 0 aliphatic heterocycles. The highest BCUT2D eigenvalue weighted by Crippen LogP contribution is 2.38. The molecule has 1 amide bonds. The number of carbonyl (C=O) groups is 1. The number of hydrogen-bond acceptors (Lipinski definition) is 4. The standard InChI is InChI=1S/C30H30FNO4/c1-4-34-24-12-8-22(9-13-24)27-19-36-29-18-28(35-5-2)25(17-26(27)29)20(3)16-30(33)32-15-14-21-6-10-23(31)11-7-21/h6-13,16-19H,4-5,14-15H2,1-3H3,(H,32,33)/b20-16+. The number of nitrogens with one attached hydrogen (secondary N) is 1. The van der Waals surface area contributed by atoms with Gasteiger partial charge >= 0.3 is 0 Å². The normalized spacial score (nSPS) is 11.5. The lowest BCUT2D eigenvalue weighted by atomic mass is 9.99. The van der Waals surface area contributed by atoms with Crippen LogP contribution in [0.1, 0.15) is 31.9 Å². The zero-order chi connectivity index (χ0) is 25.5. The summed E-state index contributed by atoms with van der Waals surface area (Å²) in [4.78, 5) is 12.6. The van der Waals surface area contributed by atoms with E-state index < -0.39 is 0 Å². The number of allylic oxidation sites excluding steroid dienone is 1. The molecule has 0 unspecified atom stereocenters. The third-order valence-corrected chi connectivity index (χ3v) is 5.85. The van der Waals surface area contributed by atoms with Crippen LogP contribution in [0.15, 0.2) is 77.4 Å². The van der Waals surface area contributed by atoms with Crippen molar-refractivity contribution in [1.82, 2.24) is 5.32 Å². The van der Waals surface area contributed by atoms with Gasteiger partial charge in [0.2, 0.25) is 5.91 Å². The van der Waals surface area contributed by atoms with Gasteiger partial charge in [0, 0.05) is 35.2 Å². The minimum absolute atomic E-state index is 0.198. The number of amides is 1. The quantitative estimate of drug-likeness (QED) is 0.250. The Kier molecular flexibility index (Phi) is 8.06. The van der Waals surface area contributed by atoms with E-state index in [1.165, 1.54) is 12.1 Å². The number of benzene rings is 3. The van der Waals surface area contributed by atoms with Crippen LogP contribution in [0.2, 0.25) is 0 Å². The fraction of sp³-hybridized carbons (Fsp3) is 0.233. The maximum absolute atomic E-state index is 13.1. The van der Waals surface area contributed by atoms with E-state index in [0.717, 1.165) is 39.0 Å². The third kappa shape index (κ3) is 5.95. The summed E-state index contributed by atoms with van der Waals surface area (Å²) in [6, 6.07) is 18.0. The third-order valence-electron chi connectivity index (χ3n) is 5.85. The lowest BCUT2D eigenvalue weighted by Crippen LogP contribution is -2.23. The smallest absolute Gasteiger partial charge is 0.244 e. The molecule has 0 fully saturated rings. The van der Waals surface area contributed by atoms with Crippen molar-refractivity contribution >= 4 is 22.4 Å². The summed E-state index contributed by atoms with van der Waals surface area (Å²) in [6.07, 6.45) is 3.93. The molecule has 0 atom stereocenters. The van der Waals surface area contributed by atoms with Gasteiger partial charge in [-0.3, -0.25) is 4.79 Å². The van der Waals surface area contributed by atoms with Crippen molar-refractivity contribution < 1.29 is 23.1 Å². The van der Waals surface area contributed by atoms with E-state index in [2.05, 4.69) is 5.32 Å². The van der Waals surface area contributed by atoms with Crippen LogP contribution in [0.5, 0.6) is 11.5 Å². The first-order valence-electron chi connectivity index (χ1n) is 12.1. The van der Waals surface area contributed by atoms with E-state index in [1.807, 2.05) is 57.2 Å². The number of ether oxygens (including phenoxy) is 2. The predicted molar refractivity (Wildman–Crippen MR) is 141 cm³/mol. The number of hydrogen-bond donors (Lipinski definition) is 1. The van der Waals surface area contributed by atoms with E-state index in [4.69, 9.17) is 13.9 Å². The fourth-order valence-corrected chi connectivity index (χ4v) is 4.07. The molecular formula is C30H30FNO4. The molecule has 0 aliphatic rings. The number of fused-ring (bicyclic) bond motifs is 1. The van der Waals surface area contributed by atoms with Crippen LogP contribution in [0.3, 0.4) is 0 Å². The zero-order valence-electron chi connectivity index (χ0n) is 20.8. The summed E-state index contributed by atoms with van der Waals surface area (Å²) in [6.45, 7) is 7.32. The van der Waals surface area contributed by atoms with Crippen molar-refractivity contribution in [2.75, 3.05) is 19.8 Å². The van der Waals surface area contributed by atoms with Crippen LogP contribution < -0.4 is 14.8 Å². The van der Waals surface area contributed by atoms with Crippen LogP contribution in [0.25, 0.3) is 27.7 Å². The Morgan fingerprint density at radius 3 is 2.42 bits per heavy atom. The molecular weight excluding hydrogens is 457 g/mol. The van der Waals surface area contributed by atoms with Gasteiger partial charge in [0.15, 0.2) is 0 Å². The average molecular weight is 488 g/mol. The van der Waals surface area contributed by atoms with Crippen LogP contribution in [-0.2, 0) is 11.2 Å². The first-order chi connectivity index (χ1) is 17.5. The van der Waals surface area contributed by atoms with Crippen LogP contribution >= 0.6 is 0 Å². The number of furan rings is 1. The van der Waals surface area contributed by atoms with Gasteiger partial charge in [0.1, 0.15) is 22.9 Å². The van der Waals surface area contributed by atoms with Crippen LogP contribution in [0, 0.1) is 5.82 Å². The minimum Gasteiger partial charge on any atom is -0.494 e. The molecule has 6 heteroatoms. The average Bonchev–Trinajstić information content (AvgIpc) is 3.28. The van der Waals surface area contributed by atoms with Crippen molar-refractivity contribution in [3.63, 3.8) is 0 Å². The van der Waals surface area contributed by atoms with Crippen molar-refractivity contribution in [3.8, 4) is 22.6 Å². The molecule has 0 radical (unpaired) electrons. The summed E-state index contributed by atoms with van der Waals surface area (Å²) < 4.78 is 30.4. The van der Waals surface area contributed by atoms with Gasteiger partial charge in [-0.05, 0) is 74.2 Å². The molecule has 0 aliphatic carbocycles. The van der Waals surface area contributed by atoms with Gasteiger partial charge in [-0.15, -0.1) is 0 Å². The van der Waals surface area contributed by atoms with Crippen molar-refractivity contribution in [2.45, 2.75) is 27.2 Å². The maximum atomic E-state index is 13.1. The van der Waals surface area contributed by atoms with Gasteiger partial charge in [-0.2, -0.15) is 0 Å². The number of carbonyl (C=O) groups excluding carboxylic acids is 1. The molecule has 5 nitrogen and oxygen atoms in total. The first kappa shape index (κ1) is 25.0. The largest absolute Gasteiger partial charge is 0.494 e. The topological polar surface area (TPSA) is 60.7 Å². The Balaban J connectivity index is 1.56. The van der Waals surface area contributed by atoms with Crippen molar-refractivity contribution in [1.29, 1.82) is 0 Å². The summed E-state index contributed by atoms with van der Waals surface area (Å²) >= 11 is 0. The molecule has 186 valence electrons. The second-order valence-corrected chi connectivity index (χ2v) is 8.38. The molecule has 0 spiro atoms. The van der Waals surface area contributed by atoms with E-state index in [9.17, 15) is 9.18 Å². The Morgan fingerprint density at radius 1 is 1.00 bits per heavy atom. The highest BCUT2D eigenvalue weighted by molar-refractivity contribution is 6.00. The van der Waals surface area contributed by atoms with Crippen LogP contribution in [-0.4, -0.2) is 25.7 Å². The molecule has 4 aromatic rings. The Morgan fingerprint density at radius 2 is 1.72 bits per heavy atom. The molecule has 1 aromatic heterocycles. The SMILES string of the molecule is CCOc1ccc(-c2coc3cc(OCC)c(/C(C)=C/C(=O)NCCc4ccc(F)cc4)cc23)cc1. The Labute approximate surface area is 210 Å². The Hall–Kier alpha value is -4.06. The molecule has 0 saturated heterocycles. The van der Waals surface area contributed by atoms with Gasteiger partial charge in [-0.25, -0.2) is 4.39 Å². The Bertz CT molecular complexity index is 1350. The summed E-state index contributed by atoms with van der Waals surface area (Å²) in [5, 5.41) is 3.84. The second kappa shape index (κ2) is 11.6. The maximum Gasteiger partial charge on any atom is 0.244 e. The van der Waals surface area contributed by atoms with Gasteiger partial charge in [-0.1, -0.05) is 24.3 Å². The molecule has 1 heterocycles. The van der Waals surface area contributed by atoms with Crippen molar-refractivity contribution in [2.24, 2.45) is 0 Å². The van der Waals surface area contributed by atoms with Gasteiger partial charge in [0.25, 0.3) is 0 Å². The summed E-state index contributed by atoms with van der Waals surface area (Å²) in [5.41, 5.74) is 5.23. The molecule has 3 aromatic carbocycles. The lowest BCUT2D eigenvalue weighted by molar-refractivity contribution is -0.116. The van der Waals surface area contributed by atoms with E-state index in [-0.39, 0.29) is 11.7 Å². The van der Waals surface area contributed by atoms with Gasteiger partial charge in [0.05, 0.1) is 19.5 Å². The highest BCUT2D eigenvalue weighted by atomic mass is 19.1. The highest BCUT2D eigenvalue weighted by Gasteiger charge is 2.15. The number of rotatable bonds is 10. The molecule has 0 saturated carbocycles. The van der Waals surface area contributed by atoms with Crippen LogP contribution in [0.4, 0.5) is 4.39 Å². The van der Waals surface area contributed by atoms with E-state index in [1.54, 1.807) is 24.5 Å². The first-order valence-corrected chi connectivity index (χ1v) is 12.1. The molecule has 4 rings (SSSR count). The molecule has 1 N–H and O–H groups in total. The monoisotopic (exact) mass is 487 g/mol. The minimum atomic E-state index is -0.272. The molecule has 36 heavy (non-hydrogen) atoms. The second-order valence-electron chi connectivity index (χ2n) is 8.38. The summed E-state index contributed by atoms with van der Waals surface area (Å²) in [5.74, 6) is 1.01. The summed E-state index contributed by atoms with van der Waals surface area (Å²) in [7, 11) is 0. The fourth-order valence-electron chi connectivity index (χ4n) is 4.07. The lowest BCUT2D eigenvalue weighted by Gasteiger charge is -2.12. The van der Waals surface area contributed by atoms with Crippen molar-refractivity contribution in [3.05, 3.63) is 89.9 Å². The number of halogens is 1. The van der Waals surface area contributed by atoms with E-state index >= 15 is 0 Å².